The number of rotatable bonds is 6. The van der Waals surface area contributed by atoms with Crippen molar-refractivity contribution in [2.75, 3.05) is 13.6 Å². The van der Waals surface area contributed by atoms with Gasteiger partial charge in [-0.1, -0.05) is 24.3 Å². The van der Waals surface area contributed by atoms with Crippen molar-refractivity contribution in [2.45, 2.75) is 25.8 Å². The number of hydrogen-bond donors (Lipinski definition) is 2. The van der Waals surface area contributed by atoms with Crippen LogP contribution in [-0.2, 0) is 17.8 Å². The van der Waals surface area contributed by atoms with Gasteiger partial charge in [0.1, 0.15) is 0 Å². The van der Waals surface area contributed by atoms with Gasteiger partial charge < -0.3 is 15.3 Å². The third-order valence-corrected chi connectivity index (χ3v) is 3.47. The Hall–Kier alpha value is -2.04. The molecule has 1 fully saturated rings. The van der Waals surface area contributed by atoms with Crippen molar-refractivity contribution < 1.29 is 14.7 Å². The number of nitrogens with one attached hydrogen (secondary N) is 1. The predicted octanol–water partition coefficient (Wildman–Crippen LogP) is 1.87. The van der Waals surface area contributed by atoms with Crippen LogP contribution in [0.5, 0.6) is 0 Å². The fourth-order valence-corrected chi connectivity index (χ4v) is 2.14. The summed E-state index contributed by atoms with van der Waals surface area (Å²) in [6, 6.07) is 7.18. The summed E-state index contributed by atoms with van der Waals surface area (Å²) < 4.78 is 0. The lowest BCUT2D eigenvalue weighted by Gasteiger charge is -2.18. The Kier molecular flexibility index (Phi) is 4.61. The minimum atomic E-state index is -0.866. The van der Waals surface area contributed by atoms with Gasteiger partial charge in [0.25, 0.3) is 0 Å². The summed E-state index contributed by atoms with van der Waals surface area (Å²) >= 11 is 0. The number of benzene rings is 1. The molecule has 2 rings (SSSR count). The third kappa shape index (κ3) is 4.26. The maximum atomic E-state index is 11.9. The number of carboxylic acid groups (broad SMARTS) is 1. The van der Waals surface area contributed by atoms with Crippen LogP contribution in [0, 0.1) is 5.92 Å². The smallest absolute Gasteiger partial charge is 0.317 e. The van der Waals surface area contributed by atoms with Gasteiger partial charge in [-0.25, -0.2) is 4.79 Å². The summed E-state index contributed by atoms with van der Waals surface area (Å²) in [5.41, 5.74) is 1.59. The molecule has 0 unspecified atom stereocenters. The number of aliphatic carboxylic acids is 1. The molecule has 5 heteroatoms. The quantitative estimate of drug-likeness (QED) is 0.833. The second-order valence-electron chi connectivity index (χ2n) is 5.32. The maximum Gasteiger partial charge on any atom is 0.317 e. The second kappa shape index (κ2) is 6.41. The standard InChI is InChI=1S/C15H20N2O3/c1-17(10-11-6-7-11)15(20)16-9-13-5-3-2-4-12(13)8-14(18)19/h2-5,11H,6-10H2,1H3,(H,16,20)(H,18,19). The van der Waals surface area contributed by atoms with E-state index in [4.69, 9.17) is 5.11 Å². The lowest BCUT2D eigenvalue weighted by molar-refractivity contribution is -0.136. The molecule has 0 aromatic heterocycles. The van der Waals surface area contributed by atoms with Crippen LogP contribution in [0.4, 0.5) is 4.79 Å². The molecule has 1 aromatic carbocycles. The molecule has 2 N–H and O–H groups in total. The normalized spacial score (nSPS) is 13.8. The second-order valence-corrected chi connectivity index (χ2v) is 5.32. The van der Waals surface area contributed by atoms with Gasteiger partial charge in [-0.05, 0) is 29.9 Å². The lowest BCUT2D eigenvalue weighted by atomic mass is 10.0. The Morgan fingerprint density at radius 2 is 1.95 bits per heavy atom. The molecule has 2 amide bonds. The van der Waals surface area contributed by atoms with Crippen LogP contribution in [0.15, 0.2) is 24.3 Å². The van der Waals surface area contributed by atoms with Crippen LogP contribution >= 0.6 is 0 Å². The molecule has 20 heavy (non-hydrogen) atoms. The molecule has 0 atom stereocenters. The number of carbonyl (C=O) groups is 2. The first-order chi connectivity index (χ1) is 9.56. The highest BCUT2D eigenvalue weighted by Crippen LogP contribution is 2.29. The van der Waals surface area contributed by atoms with E-state index in [2.05, 4.69) is 5.32 Å². The highest BCUT2D eigenvalue weighted by molar-refractivity contribution is 5.74. The van der Waals surface area contributed by atoms with E-state index in [0.29, 0.717) is 12.5 Å². The Bertz CT molecular complexity index is 498. The largest absolute Gasteiger partial charge is 0.481 e. The maximum absolute atomic E-state index is 11.9. The average Bonchev–Trinajstić information content (AvgIpc) is 3.20. The minimum Gasteiger partial charge on any atom is -0.481 e. The van der Waals surface area contributed by atoms with Crippen LogP contribution in [0.25, 0.3) is 0 Å². The van der Waals surface area contributed by atoms with E-state index >= 15 is 0 Å². The van der Waals surface area contributed by atoms with Crippen molar-refractivity contribution in [3.63, 3.8) is 0 Å². The van der Waals surface area contributed by atoms with Crippen LogP contribution in [0.2, 0.25) is 0 Å². The Morgan fingerprint density at radius 1 is 1.30 bits per heavy atom. The molecular formula is C15H20N2O3. The molecule has 0 spiro atoms. The highest BCUT2D eigenvalue weighted by atomic mass is 16.4. The van der Waals surface area contributed by atoms with Crippen LogP contribution in [-0.4, -0.2) is 35.6 Å². The van der Waals surface area contributed by atoms with E-state index in [1.165, 1.54) is 12.8 Å². The molecule has 0 heterocycles. The van der Waals surface area contributed by atoms with Crippen LogP contribution in [0.1, 0.15) is 24.0 Å². The summed E-state index contributed by atoms with van der Waals surface area (Å²) in [5.74, 6) is -0.209. The first-order valence-corrected chi connectivity index (χ1v) is 6.84. The van der Waals surface area contributed by atoms with Crippen molar-refractivity contribution in [3.05, 3.63) is 35.4 Å². The molecule has 1 aromatic rings. The Balaban J connectivity index is 1.89. The molecule has 108 valence electrons. The third-order valence-electron chi connectivity index (χ3n) is 3.47. The van der Waals surface area contributed by atoms with Gasteiger partial charge in [0.15, 0.2) is 0 Å². The topological polar surface area (TPSA) is 69.6 Å². The molecule has 0 saturated heterocycles. The zero-order valence-corrected chi connectivity index (χ0v) is 11.6. The summed E-state index contributed by atoms with van der Waals surface area (Å²) in [5, 5.41) is 11.7. The van der Waals surface area contributed by atoms with Gasteiger partial charge in [0, 0.05) is 20.1 Å². The van der Waals surface area contributed by atoms with Crippen molar-refractivity contribution >= 4 is 12.0 Å². The van der Waals surface area contributed by atoms with Gasteiger partial charge in [0.05, 0.1) is 6.42 Å². The van der Waals surface area contributed by atoms with E-state index in [1.54, 1.807) is 18.0 Å². The van der Waals surface area contributed by atoms with Crippen LogP contribution in [0.3, 0.4) is 0 Å². The summed E-state index contributed by atoms with van der Waals surface area (Å²) in [4.78, 5) is 24.4. The molecule has 0 aliphatic heterocycles. The van der Waals surface area contributed by atoms with Gasteiger partial charge >= 0.3 is 12.0 Å². The molecule has 5 nitrogen and oxygen atoms in total. The van der Waals surface area contributed by atoms with Gasteiger partial charge in [0.2, 0.25) is 0 Å². The van der Waals surface area contributed by atoms with Crippen molar-refractivity contribution in [1.82, 2.24) is 10.2 Å². The van der Waals surface area contributed by atoms with Gasteiger partial charge in [-0.2, -0.15) is 0 Å². The zero-order chi connectivity index (χ0) is 14.5. The number of amides is 2. The van der Waals surface area contributed by atoms with Crippen molar-refractivity contribution in [3.8, 4) is 0 Å². The van der Waals surface area contributed by atoms with Crippen molar-refractivity contribution in [1.29, 1.82) is 0 Å². The minimum absolute atomic E-state index is 0.0239. The van der Waals surface area contributed by atoms with E-state index < -0.39 is 5.97 Å². The van der Waals surface area contributed by atoms with Crippen molar-refractivity contribution in [2.24, 2.45) is 5.92 Å². The Morgan fingerprint density at radius 3 is 2.55 bits per heavy atom. The average molecular weight is 276 g/mol. The van der Waals surface area contributed by atoms with Gasteiger partial charge in [-0.15, -0.1) is 0 Å². The lowest BCUT2D eigenvalue weighted by Crippen LogP contribution is -2.38. The molecule has 1 saturated carbocycles. The van der Waals surface area contributed by atoms with Crippen LogP contribution < -0.4 is 5.32 Å². The molecule has 1 aliphatic carbocycles. The number of hydrogen-bond acceptors (Lipinski definition) is 2. The first-order valence-electron chi connectivity index (χ1n) is 6.84. The molecular weight excluding hydrogens is 256 g/mol. The fraction of sp³-hybridized carbons (Fsp3) is 0.467. The fourth-order valence-electron chi connectivity index (χ4n) is 2.14. The predicted molar refractivity (Wildman–Crippen MR) is 75.4 cm³/mol. The summed E-state index contributed by atoms with van der Waals surface area (Å²) in [7, 11) is 1.79. The van der Waals surface area contributed by atoms with E-state index in [0.717, 1.165) is 17.7 Å². The number of urea groups is 1. The number of nitrogens with zero attached hydrogens (tertiary/aromatic N) is 1. The van der Waals surface area contributed by atoms with E-state index in [-0.39, 0.29) is 12.5 Å². The monoisotopic (exact) mass is 276 g/mol. The molecule has 0 radical (unpaired) electrons. The first kappa shape index (κ1) is 14.4. The van der Waals surface area contributed by atoms with E-state index in [9.17, 15) is 9.59 Å². The summed E-state index contributed by atoms with van der Waals surface area (Å²) in [6.07, 6.45) is 2.39. The Labute approximate surface area is 118 Å². The molecule has 1 aliphatic rings. The number of carboxylic acids is 1. The highest BCUT2D eigenvalue weighted by Gasteiger charge is 2.24. The van der Waals surface area contributed by atoms with E-state index in [1.807, 2.05) is 18.2 Å². The van der Waals surface area contributed by atoms with Gasteiger partial charge in [-0.3, -0.25) is 4.79 Å². The SMILES string of the molecule is CN(CC1CC1)C(=O)NCc1ccccc1CC(=O)O. The number of carbonyl (C=O) groups excluding carboxylic acids is 1. The molecule has 0 bridgehead atoms. The zero-order valence-electron chi connectivity index (χ0n) is 11.6. The summed E-state index contributed by atoms with van der Waals surface area (Å²) in [6.45, 7) is 1.15.